The number of rotatable bonds is 7. The maximum Gasteiger partial charge on any atom is 0.253 e. The zero-order valence-electron chi connectivity index (χ0n) is 17.6. The molecule has 0 N–H and O–H groups in total. The van der Waals surface area contributed by atoms with E-state index in [1.54, 1.807) is 31.2 Å². The number of hydrogen-bond acceptors (Lipinski definition) is 5. The molecule has 1 fully saturated rings. The van der Waals surface area contributed by atoms with Gasteiger partial charge in [-0.3, -0.25) is 4.79 Å². The van der Waals surface area contributed by atoms with Crippen LogP contribution in [-0.2, 0) is 27.7 Å². The maximum absolute atomic E-state index is 13.2. The molecule has 0 unspecified atom stereocenters. The van der Waals surface area contributed by atoms with Gasteiger partial charge in [0.15, 0.2) is 0 Å². The molecule has 2 aromatic carbocycles. The molecule has 30 heavy (non-hydrogen) atoms. The Balaban J connectivity index is 1.89. The molecule has 0 spiro atoms. The van der Waals surface area contributed by atoms with E-state index >= 15 is 0 Å². The average Bonchev–Trinajstić information content (AvgIpc) is 2.79. The van der Waals surface area contributed by atoms with Crippen LogP contribution in [0.3, 0.4) is 0 Å². The molecule has 1 aliphatic rings. The van der Waals surface area contributed by atoms with Gasteiger partial charge in [-0.15, -0.1) is 0 Å². The van der Waals surface area contributed by atoms with Crippen LogP contribution in [0.25, 0.3) is 0 Å². The first-order chi connectivity index (χ1) is 14.4. The third kappa shape index (κ3) is 4.66. The highest BCUT2D eigenvalue weighted by atomic mass is 32.2. The van der Waals surface area contributed by atoms with Crippen molar-refractivity contribution in [3.8, 4) is 5.75 Å². The second-order valence-corrected chi connectivity index (χ2v) is 9.07. The Hall–Kier alpha value is -2.42. The summed E-state index contributed by atoms with van der Waals surface area (Å²) in [5.41, 5.74) is 1.92. The summed E-state index contributed by atoms with van der Waals surface area (Å²) < 4.78 is 38.5. The van der Waals surface area contributed by atoms with Crippen LogP contribution < -0.4 is 4.74 Å². The van der Waals surface area contributed by atoms with E-state index in [1.807, 2.05) is 31.2 Å². The van der Waals surface area contributed by atoms with Crippen LogP contribution in [0, 0.1) is 0 Å². The minimum atomic E-state index is -3.69. The predicted molar refractivity (Wildman–Crippen MR) is 114 cm³/mol. The number of morpholine rings is 1. The molecule has 162 valence electrons. The van der Waals surface area contributed by atoms with E-state index in [4.69, 9.17) is 9.47 Å². The molecule has 0 radical (unpaired) electrons. The monoisotopic (exact) mass is 432 g/mol. The summed E-state index contributed by atoms with van der Waals surface area (Å²) in [6, 6.07) is 12.4. The summed E-state index contributed by atoms with van der Waals surface area (Å²) in [4.78, 5) is 14.8. The van der Waals surface area contributed by atoms with Crippen LogP contribution in [0.1, 0.15) is 28.4 Å². The second-order valence-electron chi connectivity index (χ2n) is 7.17. The lowest BCUT2D eigenvalue weighted by Gasteiger charge is -2.27. The lowest BCUT2D eigenvalue weighted by molar-refractivity contribution is 0.0729. The molecule has 8 heteroatoms. The van der Waals surface area contributed by atoms with Crippen molar-refractivity contribution < 1.29 is 22.7 Å². The Labute approximate surface area is 178 Å². The Bertz CT molecular complexity index is 1000. The van der Waals surface area contributed by atoms with Crippen LogP contribution in [0.4, 0.5) is 0 Å². The molecular formula is C22H28N2O5S. The Morgan fingerprint density at radius 2 is 1.83 bits per heavy atom. The summed E-state index contributed by atoms with van der Waals surface area (Å²) in [5, 5.41) is 0. The molecule has 0 bridgehead atoms. The highest BCUT2D eigenvalue weighted by Crippen LogP contribution is 2.25. The van der Waals surface area contributed by atoms with Crippen molar-refractivity contribution in [3.63, 3.8) is 0 Å². The molecule has 0 atom stereocenters. The lowest BCUT2D eigenvalue weighted by Crippen LogP contribution is -2.41. The van der Waals surface area contributed by atoms with Gasteiger partial charge in [0, 0.05) is 37.8 Å². The molecule has 1 heterocycles. The quantitative estimate of drug-likeness (QED) is 0.672. The summed E-state index contributed by atoms with van der Waals surface area (Å²) in [5.74, 6) is 0.455. The number of ether oxygens (including phenoxy) is 2. The number of para-hydroxylation sites is 1. The van der Waals surface area contributed by atoms with Gasteiger partial charge in [0.2, 0.25) is 10.0 Å². The largest absolute Gasteiger partial charge is 0.496 e. The molecule has 0 saturated carbocycles. The molecule has 0 aromatic heterocycles. The summed E-state index contributed by atoms with van der Waals surface area (Å²) in [7, 11) is -0.410. The number of hydrogen-bond donors (Lipinski definition) is 0. The first kappa shape index (κ1) is 22.3. The van der Waals surface area contributed by atoms with Gasteiger partial charge in [-0.2, -0.15) is 4.31 Å². The third-order valence-corrected chi connectivity index (χ3v) is 7.21. The van der Waals surface area contributed by atoms with Crippen LogP contribution in [0.2, 0.25) is 0 Å². The fourth-order valence-electron chi connectivity index (χ4n) is 3.53. The smallest absolute Gasteiger partial charge is 0.253 e. The summed E-state index contributed by atoms with van der Waals surface area (Å²) in [6.07, 6.45) is 0.560. The van der Waals surface area contributed by atoms with E-state index < -0.39 is 10.0 Å². The average molecular weight is 433 g/mol. The Morgan fingerprint density at radius 1 is 1.13 bits per heavy atom. The van der Waals surface area contributed by atoms with Gasteiger partial charge in [-0.1, -0.05) is 31.2 Å². The van der Waals surface area contributed by atoms with Crippen LogP contribution in [0.5, 0.6) is 5.75 Å². The molecule has 1 saturated heterocycles. The van der Waals surface area contributed by atoms with E-state index in [-0.39, 0.29) is 10.8 Å². The van der Waals surface area contributed by atoms with Gasteiger partial charge in [0.05, 0.1) is 25.2 Å². The standard InChI is InChI=1S/C22H28N2O5S/c1-4-17-9-10-18(15-21(17)30(26,27)24-11-13-29-14-12-24)22(25)23(2)16-19-7-5-6-8-20(19)28-3/h5-10,15H,4,11-14,16H2,1-3H3. The molecular weight excluding hydrogens is 404 g/mol. The van der Waals surface area contributed by atoms with Gasteiger partial charge in [-0.25, -0.2) is 8.42 Å². The molecule has 0 aliphatic carbocycles. The number of sulfonamides is 1. The predicted octanol–water partition coefficient (Wildman–Crippen LogP) is 2.55. The minimum Gasteiger partial charge on any atom is -0.496 e. The summed E-state index contributed by atoms with van der Waals surface area (Å²) in [6.45, 7) is 3.64. The van der Waals surface area contributed by atoms with Crippen molar-refractivity contribution in [1.29, 1.82) is 0 Å². The zero-order chi connectivity index (χ0) is 21.7. The highest BCUT2D eigenvalue weighted by molar-refractivity contribution is 7.89. The van der Waals surface area contributed by atoms with E-state index in [0.717, 1.165) is 5.56 Å². The first-order valence-electron chi connectivity index (χ1n) is 9.96. The van der Waals surface area contributed by atoms with E-state index in [0.29, 0.717) is 56.1 Å². The van der Waals surface area contributed by atoms with Crippen molar-refractivity contribution in [1.82, 2.24) is 9.21 Å². The first-order valence-corrected chi connectivity index (χ1v) is 11.4. The number of amides is 1. The molecule has 3 rings (SSSR count). The van der Waals surface area contributed by atoms with Gasteiger partial charge in [0.25, 0.3) is 5.91 Å². The molecule has 2 aromatic rings. The van der Waals surface area contributed by atoms with E-state index in [1.165, 1.54) is 10.4 Å². The Morgan fingerprint density at radius 3 is 2.50 bits per heavy atom. The number of nitrogens with zero attached hydrogens (tertiary/aromatic N) is 2. The van der Waals surface area contributed by atoms with Crippen molar-refractivity contribution in [2.45, 2.75) is 24.8 Å². The molecule has 7 nitrogen and oxygen atoms in total. The van der Waals surface area contributed by atoms with Gasteiger partial charge in [0.1, 0.15) is 5.75 Å². The number of aryl methyl sites for hydroxylation is 1. The minimum absolute atomic E-state index is 0.198. The second kappa shape index (κ2) is 9.59. The fourth-order valence-corrected chi connectivity index (χ4v) is 5.25. The number of methoxy groups -OCH3 is 1. The van der Waals surface area contributed by atoms with E-state index in [9.17, 15) is 13.2 Å². The fraction of sp³-hybridized carbons (Fsp3) is 0.409. The topological polar surface area (TPSA) is 76.2 Å². The van der Waals surface area contributed by atoms with Crippen molar-refractivity contribution >= 4 is 15.9 Å². The lowest BCUT2D eigenvalue weighted by atomic mass is 10.1. The van der Waals surface area contributed by atoms with Gasteiger partial charge in [-0.05, 0) is 30.2 Å². The molecule has 1 aliphatic heterocycles. The van der Waals surface area contributed by atoms with Crippen LogP contribution in [0.15, 0.2) is 47.4 Å². The van der Waals surface area contributed by atoms with Crippen LogP contribution in [-0.4, -0.2) is 64.0 Å². The van der Waals surface area contributed by atoms with Crippen LogP contribution >= 0.6 is 0 Å². The maximum atomic E-state index is 13.2. The normalized spacial score (nSPS) is 15.0. The third-order valence-electron chi connectivity index (χ3n) is 5.23. The van der Waals surface area contributed by atoms with Crippen molar-refractivity contribution in [2.24, 2.45) is 0 Å². The number of carbonyl (C=O) groups excluding carboxylic acids is 1. The molecule has 1 amide bonds. The SMILES string of the molecule is CCc1ccc(C(=O)N(C)Cc2ccccc2OC)cc1S(=O)(=O)N1CCOCC1. The number of carbonyl (C=O) groups is 1. The number of benzene rings is 2. The summed E-state index contributed by atoms with van der Waals surface area (Å²) >= 11 is 0. The van der Waals surface area contributed by atoms with Crippen molar-refractivity contribution in [3.05, 3.63) is 59.2 Å². The van der Waals surface area contributed by atoms with Crippen molar-refractivity contribution in [2.75, 3.05) is 40.5 Å². The highest BCUT2D eigenvalue weighted by Gasteiger charge is 2.29. The van der Waals surface area contributed by atoms with Gasteiger partial charge >= 0.3 is 0 Å². The Kier molecular flexibility index (Phi) is 7.12. The van der Waals surface area contributed by atoms with Gasteiger partial charge < -0.3 is 14.4 Å². The van der Waals surface area contributed by atoms with E-state index in [2.05, 4.69) is 0 Å². The zero-order valence-corrected chi connectivity index (χ0v) is 18.4.